The molecule has 2 rings (SSSR count). The maximum atomic E-state index is 12.6. The van der Waals surface area contributed by atoms with E-state index in [1.54, 1.807) is 24.3 Å². The molecule has 1 aliphatic rings. The van der Waals surface area contributed by atoms with E-state index < -0.39 is 10.0 Å². The number of carbonyl (C=O) groups excluding carboxylic acids is 1. The van der Waals surface area contributed by atoms with Crippen molar-refractivity contribution in [3.63, 3.8) is 0 Å². The van der Waals surface area contributed by atoms with Gasteiger partial charge in [-0.1, -0.05) is 43.6 Å². The van der Waals surface area contributed by atoms with Crippen molar-refractivity contribution in [1.82, 2.24) is 9.62 Å². The number of piperidine rings is 1. The highest BCUT2D eigenvalue weighted by Crippen LogP contribution is 2.24. The molecule has 1 aromatic carbocycles. The van der Waals surface area contributed by atoms with Crippen LogP contribution in [0, 0.1) is 11.8 Å². The second-order valence-corrected chi connectivity index (χ2v) is 9.37. The molecular weight excluding hydrogens is 360 g/mol. The zero-order valence-corrected chi connectivity index (χ0v) is 16.4. The third-order valence-electron chi connectivity index (χ3n) is 4.53. The molecule has 1 saturated heterocycles. The van der Waals surface area contributed by atoms with Crippen LogP contribution in [0.5, 0.6) is 0 Å². The molecule has 0 aliphatic carbocycles. The minimum absolute atomic E-state index is 0.0452. The first-order chi connectivity index (χ1) is 11.8. The number of benzene rings is 1. The summed E-state index contributed by atoms with van der Waals surface area (Å²) in [5.74, 6) is 0.401. The Morgan fingerprint density at radius 1 is 1.28 bits per heavy atom. The molecule has 1 amide bonds. The minimum atomic E-state index is -3.42. The number of sulfonamides is 1. The lowest BCUT2D eigenvalue weighted by Crippen LogP contribution is -2.43. The highest BCUT2D eigenvalue weighted by atomic mass is 35.5. The Morgan fingerprint density at radius 3 is 2.52 bits per heavy atom. The summed E-state index contributed by atoms with van der Waals surface area (Å²) in [5, 5.41) is 3.42. The van der Waals surface area contributed by atoms with Gasteiger partial charge >= 0.3 is 0 Å². The first-order valence-corrected chi connectivity index (χ1v) is 10.8. The molecular formula is C18H27ClN2O3S. The summed E-state index contributed by atoms with van der Waals surface area (Å²) in [7, 11) is -3.42. The Kier molecular flexibility index (Phi) is 7.28. The van der Waals surface area contributed by atoms with Crippen molar-refractivity contribution in [2.45, 2.75) is 38.9 Å². The molecule has 140 valence electrons. The number of carbonyl (C=O) groups is 1. The number of halogens is 1. The van der Waals surface area contributed by atoms with Crippen LogP contribution in [0.3, 0.4) is 0 Å². The number of rotatable bonds is 7. The van der Waals surface area contributed by atoms with Gasteiger partial charge < -0.3 is 5.32 Å². The first kappa shape index (κ1) is 20.2. The molecule has 0 spiro atoms. The van der Waals surface area contributed by atoms with E-state index >= 15 is 0 Å². The maximum absolute atomic E-state index is 12.6. The standard InChI is InChI=1S/C18H27ClN2O3S/c1-14(2)7-10-20-18(22)15-8-11-21(12-9-15)25(23,24)13-16-5-3-4-6-17(16)19/h3-6,14-15H,7-13H2,1-2H3,(H,20,22). The van der Waals surface area contributed by atoms with Gasteiger partial charge in [0.25, 0.3) is 0 Å². The first-order valence-electron chi connectivity index (χ1n) is 8.78. The normalized spacial score (nSPS) is 17.0. The molecule has 1 N–H and O–H groups in total. The van der Waals surface area contributed by atoms with Crippen molar-refractivity contribution in [3.05, 3.63) is 34.9 Å². The fraction of sp³-hybridized carbons (Fsp3) is 0.611. The number of nitrogens with one attached hydrogen (secondary N) is 1. The summed E-state index contributed by atoms with van der Waals surface area (Å²) in [5.41, 5.74) is 0.609. The van der Waals surface area contributed by atoms with E-state index in [9.17, 15) is 13.2 Å². The van der Waals surface area contributed by atoms with Crippen LogP contribution < -0.4 is 5.32 Å². The summed E-state index contributed by atoms with van der Waals surface area (Å²) in [6, 6.07) is 6.99. The van der Waals surface area contributed by atoms with Crippen LogP contribution in [-0.2, 0) is 20.6 Å². The van der Waals surface area contributed by atoms with Crippen LogP contribution in [-0.4, -0.2) is 38.3 Å². The number of hydrogen-bond acceptors (Lipinski definition) is 3. The van der Waals surface area contributed by atoms with Crippen LogP contribution in [0.25, 0.3) is 0 Å². The van der Waals surface area contributed by atoms with Crippen molar-refractivity contribution < 1.29 is 13.2 Å². The third-order valence-corrected chi connectivity index (χ3v) is 6.73. The second kappa shape index (κ2) is 9.01. The Hall–Kier alpha value is -1.11. The Bertz CT molecular complexity index is 683. The molecule has 0 aromatic heterocycles. The third kappa shape index (κ3) is 5.97. The van der Waals surface area contributed by atoms with Crippen molar-refractivity contribution in [2.24, 2.45) is 11.8 Å². The van der Waals surface area contributed by atoms with Gasteiger partial charge in [-0.3, -0.25) is 4.79 Å². The Morgan fingerprint density at radius 2 is 1.92 bits per heavy atom. The summed E-state index contributed by atoms with van der Waals surface area (Å²) < 4.78 is 26.7. The molecule has 1 aromatic rings. The van der Waals surface area contributed by atoms with E-state index in [1.807, 2.05) is 0 Å². The Labute approximate surface area is 155 Å². The molecule has 0 unspecified atom stereocenters. The van der Waals surface area contributed by atoms with Gasteiger partial charge in [0.1, 0.15) is 0 Å². The molecule has 1 heterocycles. The topological polar surface area (TPSA) is 66.5 Å². The van der Waals surface area contributed by atoms with E-state index in [2.05, 4.69) is 19.2 Å². The van der Waals surface area contributed by atoms with Crippen LogP contribution >= 0.6 is 11.6 Å². The molecule has 25 heavy (non-hydrogen) atoms. The van der Waals surface area contributed by atoms with Crippen LogP contribution in [0.2, 0.25) is 5.02 Å². The van der Waals surface area contributed by atoms with E-state index in [-0.39, 0.29) is 17.6 Å². The number of amides is 1. The highest BCUT2D eigenvalue weighted by molar-refractivity contribution is 7.88. The van der Waals surface area contributed by atoms with Crippen molar-refractivity contribution in [1.29, 1.82) is 0 Å². The van der Waals surface area contributed by atoms with Gasteiger partial charge in [-0.25, -0.2) is 12.7 Å². The predicted octanol–water partition coefficient (Wildman–Crippen LogP) is 3.04. The minimum Gasteiger partial charge on any atom is -0.356 e. The van der Waals surface area contributed by atoms with Crippen LogP contribution in [0.1, 0.15) is 38.7 Å². The molecule has 0 radical (unpaired) electrons. The number of nitrogens with zero attached hydrogens (tertiary/aromatic N) is 1. The van der Waals surface area contributed by atoms with E-state index in [0.717, 1.165) is 6.42 Å². The summed E-state index contributed by atoms with van der Waals surface area (Å²) in [6.07, 6.45) is 2.08. The fourth-order valence-corrected chi connectivity index (χ4v) is 4.80. The van der Waals surface area contributed by atoms with E-state index in [1.165, 1.54) is 4.31 Å². The predicted molar refractivity (Wildman–Crippen MR) is 101 cm³/mol. The Balaban J connectivity index is 1.86. The quantitative estimate of drug-likeness (QED) is 0.783. The largest absolute Gasteiger partial charge is 0.356 e. The second-order valence-electron chi connectivity index (χ2n) is 6.99. The zero-order chi connectivity index (χ0) is 18.4. The van der Waals surface area contributed by atoms with Crippen molar-refractivity contribution in [3.8, 4) is 0 Å². The molecule has 7 heteroatoms. The van der Waals surface area contributed by atoms with E-state index in [0.29, 0.717) is 49.0 Å². The lowest BCUT2D eigenvalue weighted by Gasteiger charge is -2.30. The SMILES string of the molecule is CC(C)CCNC(=O)C1CCN(S(=O)(=O)Cc2ccccc2Cl)CC1. The molecule has 0 saturated carbocycles. The van der Waals surface area contributed by atoms with E-state index in [4.69, 9.17) is 11.6 Å². The smallest absolute Gasteiger partial charge is 0.223 e. The molecule has 0 bridgehead atoms. The lowest BCUT2D eigenvalue weighted by molar-refractivity contribution is -0.126. The molecule has 1 fully saturated rings. The average molecular weight is 387 g/mol. The highest BCUT2D eigenvalue weighted by Gasteiger charge is 2.31. The van der Waals surface area contributed by atoms with Crippen LogP contribution in [0.15, 0.2) is 24.3 Å². The summed E-state index contributed by atoms with van der Waals surface area (Å²) in [4.78, 5) is 12.2. The number of hydrogen-bond donors (Lipinski definition) is 1. The monoisotopic (exact) mass is 386 g/mol. The summed E-state index contributed by atoms with van der Waals surface area (Å²) in [6.45, 7) is 5.69. The average Bonchev–Trinajstić information content (AvgIpc) is 2.56. The van der Waals surface area contributed by atoms with Crippen molar-refractivity contribution in [2.75, 3.05) is 19.6 Å². The lowest BCUT2D eigenvalue weighted by atomic mass is 9.97. The maximum Gasteiger partial charge on any atom is 0.223 e. The van der Waals surface area contributed by atoms with Gasteiger partial charge in [0.15, 0.2) is 0 Å². The molecule has 1 aliphatic heterocycles. The van der Waals surface area contributed by atoms with Gasteiger partial charge in [-0.05, 0) is 36.8 Å². The van der Waals surface area contributed by atoms with Gasteiger partial charge in [0.05, 0.1) is 5.75 Å². The van der Waals surface area contributed by atoms with Gasteiger partial charge in [0.2, 0.25) is 15.9 Å². The van der Waals surface area contributed by atoms with Gasteiger partial charge in [-0.2, -0.15) is 0 Å². The van der Waals surface area contributed by atoms with Crippen molar-refractivity contribution >= 4 is 27.5 Å². The zero-order valence-electron chi connectivity index (χ0n) is 14.9. The van der Waals surface area contributed by atoms with Gasteiger partial charge in [-0.15, -0.1) is 0 Å². The van der Waals surface area contributed by atoms with Crippen LogP contribution in [0.4, 0.5) is 0 Å². The van der Waals surface area contributed by atoms with Gasteiger partial charge in [0, 0.05) is 30.6 Å². The molecule has 0 atom stereocenters. The summed E-state index contributed by atoms with van der Waals surface area (Å²) >= 11 is 6.07. The molecule has 5 nitrogen and oxygen atoms in total. The fourth-order valence-electron chi connectivity index (χ4n) is 2.93.